The SMILES string of the molecule is CNC(Cc1cccs1)C(OC)C(C)C. The van der Waals surface area contributed by atoms with Gasteiger partial charge in [-0.05, 0) is 30.8 Å². The van der Waals surface area contributed by atoms with Crippen LogP contribution in [0.2, 0.25) is 0 Å². The van der Waals surface area contributed by atoms with Gasteiger partial charge < -0.3 is 10.1 Å². The molecule has 1 aromatic heterocycles. The van der Waals surface area contributed by atoms with Crippen LogP contribution >= 0.6 is 11.3 Å². The number of thiophene rings is 1. The lowest BCUT2D eigenvalue weighted by Gasteiger charge is -2.28. The number of rotatable bonds is 6. The standard InChI is InChI=1S/C12H21NOS/c1-9(2)12(14-4)11(13-3)8-10-6-5-7-15-10/h5-7,9,11-13H,8H2,1-4H3. The van der Waals surface area contributed by atoms with Crippen LogP contribution in [0.4, 0.5) is 0 Å². The van der Waals surface area contributed by atoms with Crippen LogP contribution in [0.25, 0.3) is 0 Å². The van der Waals surface area contributed by atoms with E-state index in [0.29, 0.717) is 12.0 Å². The first-order valence-corrected chi connectivity index (χ1v) is 6.29. The van der Waals surface area contributed by atoms with E-state index in [1.165, 1.54) is 4.88 Å². The molecule has 86 valence electrons. The summed E-state index contributed by atoms with van der Waals surface area (Å²) in [6, 6.07) is 4.68. The summed E-state index contributed by atoms with van der Waals surface area (Å²) in [7, 11) is 3.80. The topological polar surface area (TPSA) is 21.3 Å². The summed E-state index contributed by atoms with van der Waals surface area (Å²) in [5.74, 6) is 0.535. The molecule has 0 radical (unpaired) electrons. The highest BCUT2D eigenvalue weighted by atomic mass is 32.1. The molecule has 0 fully saturated rings. The third-order valence-electron chi connectivity index (χ3n) is 2.70. The minimum atomic E-state index is 0.275. The van der Waals surface area contributed by atoms with Gasteiger partial charge in [0.05, 0.1) is 6.10 Å². The lowest BCUT2D eigenvalue weighted by Crippen LogP contribution is -2.43. The van der Waals surface area contributed by atoms with E-state index in [0.717, 1.165) is 6.42 Å². The van der Waals surface area contributed by atoms with Crippen molar-refractivity contribution in [3.63, 3.8) is 0 Å². The molecule has 2 unspecified atom stereocenters. The third kappa shape index (κ3) is 3.59. The molecule has 0 aliphatic carbocycles. The van der Waals surface area contributed by atoms with E-state index in [9.17, 15) is 0 Å². The van der Waals surface area contributed by atoms with Crippen LogP contribution in [0.5, 0.6) is 0 Å². The Morgan fingerprint density at radius 3 is 2.60 bits per heavy atom. The maximum absolute atomic E-state index is 5.56. The van der Waals surface area contributed by atoms with Crippen molar-refractivity contribution in [1.29, 1.82) is 0 Å². The molecule has 0 bridgehead atoms. The van der Waals surface area contributed by atoms with Crippen LogP contribution < -0.4 is 5.32 Å². The lowest BCUT2D eigenvalue weighted by molar-refractivity contribution is 0.0356. The Morgan fingerprint density at radius 2 is 2.20 bits per heavy atom. The van der Waals surface area contributed by atoms with Crippen LogP contribution in [0, 0.1) is 5.92 Å². The van der Waals surface area contributed by atoms with Gasteiger partial charge in [-0.2, -0.15) is 0 Å². The number of ether oxygens (including phenoxy) is 1. The van der Waals surface area contributed by atoms with Gasteiger partial charge in [-0.3, -0.25) is 0 Å². The average Bonchev–Trinajstić information content (AvgIpc) is 2.69. The Hall–Kier alpha value is -0.380. The highest BCUT2D eigenvalue weighted by molar-refractivity contribution is 7.09. The van der Waals surface area contributed by atoms with Crippen molar-refractivity contribution in [1.82, 2.24) is 5.32 Å². The van der Waals surface area contributed by atoms with E-state index in [-0.39, 0.29) is 6.10 Å². The minimum Gasteiger partial charge on any atom is -0.380 e. The van der Waals surface area contributed by atoms with Gasteiger partial charge in [-0.1, -0.05) is 19.9 Å². The van der Waals surface area contributed by atoms with Crippen LogP contribution in [0.3, 0.4) is 0 Å². The normalized spacial score (nSPS) is 15.5. The van der Waals surface area contributed by atoms with E-state index in [1.807, 2.05) is 18.4 Å². The van der Waals surface area contributed by atoms with Gasteiger partial charge in [0.15, 0.2) is 0 Å². The highest BCUT2D eigenvalue weighted by Crippen LogP contribution is 2.17. The van der Waals surface area contributed by atoms with Crippen molar-refractivity contribution >= 4 is 11.3 Å². The van der Waals surface area contributed by atoms with Crippen LogP contribution in [-0.2, 0) is 11.2 Å². The Balaban J connectivity index is 2.61. The summed E-state index contributed by atoms with van der Waals surface area (Å²) < 4.78 is 5.56. The summed E-state index contributed by atoms with van der Waals surface area (Å²) in [5.41, 5.74) is 0. The second-order valence-electron chi connectivity index (χ2n) is 4.12. The van der Waals surface area contributed by atoms with Gasteiger partial charge in [0.2, 0.25) is 0 Å². The first kappa shape index (κ1) is 12.7. The molecule has 2 atom stereocenters. The van der Waals surface area contributed by atoms with Crippen molar-refractivity contribution in [2.24, 2.45) is 5.92 Å². The number of likely N-dealkylation sites (N-methyl/N-ethyl adjacent to an activating group) is 1. The maximum atomic E-state index is 5.56. The molecule has 0 aliphatic rings. The second kappa shape index (κ2) is 6.26. The lowest BCUT2D eigenvalue weighted by atomic mass is 9.96. The summed E-state index contributed by atoms with van der Waals surface area (Å²) >= 11 is 1.81. The van der Waals surface area contributed by atoms with Gasteiger partial charge >= 0.3 is 0 Å². The van der Waals surface area contributed by atoms with Crippen molar-refractivity contribution in [3.05, 3.63) is 22.4 Å². The molecule has 1 N–H and O–H groups in total. The zero-order valence-electron chi connectivity index (χ0n) is 9.99. The van der Waals surface area contributed by atoms with Crippen molar-refractivity contribution in [3.8, 4) is 0 Å². The van der Waals surface area contributed by atoms with Gasteiger partial charge in [0.1, 0.15) is 0 Å². The molecule has 0 saturated carbocycles. The number of methoxy groups -OCH3 is 1. The highest BCUT2D eigenvalue weighted by Gasteiger charge is 2.23. The van der Waals surface area contributed by atoms with Crippen molar-refractivity contribution in [2.45, 2.75) is 32.4 Å². The summed E-state index contributed by atoms with van der Waals surface area (Å²) in [6.07, 6.45) is 1.32. The average molecular weight is 227 g/mol. The predicted octanol–water partition coefficient (Wildman–Crippen LogP) is 2.55. The van der Waals surface area contributed by atoms with Crippen LogP contribution in [-0.4, -0.2) is 26.3 Å². The monoisotopic (exact) mass is 227 g/mol. The minimum absolute atomic E-state index is 0.275. The van der Waals surface area contributed by atoms with E-state index in [4.69, 9.17) is 4.74 Å². The molecule has 0 aromatic carbocycles. The van der Waals surface area contributed by atoms with Gasteiger partial charge in [0, 0.05) is 18.0 Å². The van der Waals surface area contributed by atoms with Crippen LogP contribution in [0.15, 0.2) is 17.5 Å². The van der Waals surface area contributed by atoms with Gasteiger partial charge in [-0.25, -0.2) is 0 Å². The molecule has 1 heterocycles. The molecule has 2 nitrogen and oxygen atoms in total. The van der Waals surface area contributed by atoms with Crippen LogP contribution in [0.1, 0.15) is 18.7 Å². The number of hydrogen-bond donors (Lipinski definition) is 1. The van der Waals surface area contributed by atoms with Crippen molar-refractivity contribution < 1.29 is 4.74 Å². The largest absolute Gasteiger partial charge is 0.380 e. The smallest absolute Gasteiger partial charge is 0.0750 e. The Bertz CT molecular complexity index is 259. The second-order valence-corrected chi connectivity index (χ2v) is 5.16. The molecule has 1 aromatic rings. The number of nitrogens with one attached hydrogen (secondary N) is 1. The molecule has 0 aliphatic heterocycles. The quantitative estimate of drug-likeness (QED) is 0.806. The fraction of sp³-hybridized carbons (Fsp3) is 0.667. The first-order chi connectivity index (χ1) is 7.19. The molecule has 0 amide bonds. The van der Waals surface area contributed by atoms with E-state index in [2.05, 4.69) is 36.7 Å². The fourth-order valence-corrected chi connectivity index (χ4v) is 2.69. The van der Waals surface area contributed by atoms with Gasteiger partial charge in [-0.15, -0.1) is 11.3 Å². The Labute approximate surface area is 96.7 Å². The molecule has 15 heavy (non-hydrogen) atoms. The van der Waals surface area contributed by atoms with Gasteiger partial charge in [0.25, 0.3) is 0 Å². The Morgan fingerprint density at radius 1 is 1.47 bits per heavy atom. The molecule has 0 saturated heterocycles. The zero-order chi connectivity index (χ0) is 11.3. The molecular weight excluding hydrogens is 206 g/mol. The molecule has 0 spiro atoms. The van der Waals surface area contributed by atoms with E-state index in [1.54, 1.807) is 7.11 Å². The maximum Gasteiger partial charge on any atom is 0.0750 e. The summed E-state index contributed by atoms with van der Waals surface area (Å²) in [6.45, 7) is 4.40. The zero-order valence-corrected chi connectivity index (χ0v) is 10.8. The molecule has 3 heteroatoms. The summed E-state index contributed by atoms with van der Waals surface area (Å²) in [4.78, 5) is 1.41. The van der Waals surface area contributed by atoms with E-state index >= 15 is 0 Å². The molecule has 1 rings (SSSR count). The third-order valence-corrected chi connectivity index (χ3v) is 3.60. The van der Waals surface area contributed by atoms with E-state index < -0.39 is 0 Å². The number of hydrogen-bond acceptors (Lipinski definition) is 3. The summed E-state index contributed by atoms with van der Waals surface area (Å²) in [5, 5.41) is 5.48. The fourth-order valence-electron chi connectivity index (χ4n) is 1.93. The van der Waals surface area contributed by atoms with Crippen molar-refractivity contribution in [2.75, 3.05) is 14.2 Å². The Kier molecular flexibility index (Phi) is 5.29. The predicted molar refractivity (Wildman–Crippen MR) is 66.5 cm³/mol. The first-order valence-electron chi connectivity index (χ1n) is 5.41. The molecular formula is C12H21NOS.